The van der Waals surface area contributed by atoms with Crippen LogP contribution in [0.3, 0.4) is 0 Å². The molecule has 0 aromatic heterocycles. The van der Waals surface area contributed by atoms with Crippen molar-refractivity contribution >= 4 is 17.7 Å². The number of hydrogen-bond donors (Lipinski definition) is 2. The molecule has 2 N–H and O–H groups in total. The number of likely N-dealkylation sites (N-methyl/N-ethyl adjacent to an activating group) is 1. The van der Waals surface area contributed by atoms with Gasteiger partial charge >= 0.3 is 0 Å². The molecule has 0 radical (unpaired) electrons. The zero-order valence-electron chi connectivity index (χ0n) is 9.95. The predicted molar refractivity (Wildman–Crippen MR) is 67.7 cm³/mol. The van der Waals surface area contributed by atoms with Crippen LogP contribution < -0.4 is 5.32 Å². The molecule has 1 saturated heterocycles. The van der Waals surface area contributed by atoms with Crippen molar-refractivity contribution in [2.24, 2.45) is 0 Å². The summed E-state index contributed by atoms with van der Waals surface area (Å²) in [6.07, 6.45) is 2.31. The molecule has 0 unspecified atom stereocenters. The van der Waals surface area contributed by atoms with E-state index in [1.807, 2.05) is 6.92 Å². The van der Waals surface area contributed by atoms with Crippen LogP contribution in [0.1, 0.15) is 19.8 Å². The number of amides is 1. The van der Waals surface area contributed by atoms with E-state index in [-0.39, 0.29) is 12.5 Å². The second kappa shape index (κ2) is 7.92. The lowest BCUT2D eigenvalue weighted by atomic mass is 10.2. The molecule has 0 aromatic carbocycles. The van der Waals surface area contributed by atoms with Crippen LogP contribution in [-0.2, 0) is 4.79 Å². The molecule has 1 aliphatic rings. The van der Waals surface area contributed by atoms with Crippen molar-refractivity contribution in [1.82, 2.24) is 10.2 Å². The molecule has 5 heteroatoms. The number of carbonyl (C=O) groups is 1. The van der Waals surface area contributed by atoms with Crippen molar-refractivity contribution < 1.29 is 9.90 Å². The van der Waals surface area contributed by atoms with E-state index in [0.29, 0.717) is 24.1 Å². The largest absolute Gasteiger partial charge is 0.395 e. The Kier molecular flexibility index (Phi) is 6.84. The highest BCUT2D eigenvalue weighted by Crippen LogP contribution is 2.20. The predicted octanol–water partition coefficient (Wildman–Crippen LogP) is 0.312. The average Bonchev–Trinajstić information content (AvgIpc) is 2.34. The van der Waals surface area contributed by atoms with E-state index < -0.39 is 0 Å². The Balaban J connectivity index is 2.21. The van der Waals surface area contributed by atoms with Crippen molar-refractivity contribution in [3.8, 4) is 0 Å². The number of aliphatic hydroxyl groups is 1. The summed E-state index contributed by atoms with van der Waals surface area (Å²) >= 11 is 1.76. The number of piperidine rings is 1. The van der Waals surface area contributed by atoms with E-state index in [1.165, 1.54) is 0 Å². The monoisotopic (exact) mass is 246 g/mol. The van der Waals surface area contributed by atoms with Crippen LogP contribution in [0.4, 0.5) is 0 Å². The standard InChI is InChI=1S/C11H22N2O2S/c1-2-13(7-8-14)11(15)9-16-10-3-5-12-6-4-10/h10,12,14H,2-9H2,1H3. The fourth-order valence-corrected chi connectivity index (χ4v) is 2.95. The third-order valence-electron chi connectivity index (χ3n) is 2.83. The molecular weight excluding hydrogens is 224 g/mol. The van der Waals surface area contributed by atoms with Crippen molar-refractivity contribution in [1.29, 1.82) is 0 Å². The number of nitrogens with zero attached hydrogens (tertiary/aromatic N) is 1. The van der Waals surface area contributed by atoms with Crippen LogP contribution in [0.5, 0.6) is 0 Å². The Bertz CT molecular complexity index is 208. The fraction of sp³-hybridized carbons (Fsp3) is 0.909. The Labute approximate surface area is 102 Å². The lowest BCUT2D eigenvalue weighted by Crippen LogP contribution is -2.36. The Morgan fingerprint density at radius 3 is 2.75 bits per heavy atom. The lowest BCUT2D eigenvalue weighted by molar-refractivity contribution is -0.128. The van der Waals surface area contributed by atoms with Crippen molar-refractivity contribution in [2.75, 3.05) is 38.5 Å². The molecule has 1 rings (SSSR count). The first-order valence-corrected chi connectivity index (χ1v) is 7.03. The van der Waals surface area contributed by atoms with Crippen LogP contribution in [0.25, 0.3) is 0 Å². The van der Waals surface area contributed by atoms with E-state index in [9.17, 15) is 4.79 Å². The fourth-order valence-electron chi connectivity index (χ4n) is 1.82. The molecule has 16 heavy (non-hydrogen) atoms. The maximum atomic E-state index is 11.8. The molecular formula is C11H22N2O2S. The van der Waals surface area contributed by atoms with Crippen LogP contribution in [-0.4, -0.2) is 59.7 Å². The van der Waals surface area contributed by atoms with Gasteiger partial charge in [-0.15, -0.1) is 11.8 Å². The van der Waals surface area contributed by atoms with Gasteiger partial charge in [0, 0.05) is 18.3 Å². The first-order chi connectivity index (χ1) is 7.77. The summed E-state index contributed by atoms with van der Waals surface area (Å²) in [5.41, 5.74) is 0. The van der Waals surface area contributed by atoms with Gasteiger partial charge in [0.25, 0.3) is 0 Å². The second-order valence-electron chi connectivity index (χ2n) is 3.96. The van der Waals surface area contributed by atoms with Crippen LogP contribution in [0, 0.1) is 0 Å². The number of thioether (sulfide) groups is 1. The van der Waals surface area contributed by atoms with Crippen LogP contribution in [0.2, 0.25) is 0 Å². The minimum atomic E-state index is 0.0532. The molecule has 4 nitrogen and oxygen atoms in total. The molecule has 94 valence electrons. The van der Waals surface area contributed by atoms with Gasteiger partial charge in [-0.05, 0) is 32.9 Å². The van der Waals surface area contributed by atoms with Crippen LogP contribution in [0.15, 0.2) is 0 Å². The molecule has 1 amide bonds. The summed E-state index contributed by atoms with van der Waals surface area (Å²) in [5.74, 6) is 0.707. The Hall–Kier alpha value is -0.260. The molecule has 1 aliphatic heterocycles. The molecule has 0 saturated carbocycles. The minimum absolute atomic E-state index is 0.0532. The van der Waals surface area contributed by atoms with Gasteiger partial charge < -0.3 is 15.3 Å². The van der Waals surface area contributed by atoms with E-state index in [2.05, 4.69) is 5.32 Å². The topological polar surface area (TPSA) is 52.6 Å². The highest BCUT2D eigenvalue weighted by atomic mass is 32.2. The van der Waals surface area contributed by atoms with Crippen molar-refractivity contribution in [3.63, 3.8) is 0 Å². The summed E-state index contributed by atoms with van der Waals surface area (Å²) in [6, 6.07) is 0. The number of rotatable bonds is 6. The molecule has 1 heterocycles. The van der Waals surface area contributed by atoms with Gasteiger partial charge in [0.15, 0.2) is 0 Å². The maximum absolute atomic E-state index is 11.8. The Morgan fingerprint density at radius 2 is 2.19 bits per heavy atom. The summed E-state index contributed by atoms with van der Waals surface area (Å²) < 4.78 is 0. The van der Waals surface area contributed by atoms with E-state index in [4.69, 9.17) is 5.11 Å². The van der Waals surface area contributed by atoms with E-state index in [1.54, 1.807) is 16.7 Å². The van der Waals surface area contributed by atoms with Crippen LogP contribution >= 0.6 is 11.8 Å². The highest BCUT2D eigenvalue weighted by molar-refractivity contribution is 8.00. The van der Waals surface area contributed by atoms with Gasteiger partial charge in [-0.1, -0.05) is 0 Å². The van der Waals surface area contributed by atoms with Crippen molar-refractivity contribution in [3.05, 3.63) is 0 Å². The van der Waals surface area contributed by atoms with Crippen molar-refractivity contribution in [2.45, 2.75) is 25.0 Å². The first-order valence-electron chi connectivity index (χ1n) is 5.99. The molecule has 0 atom stereocenters. The summed E-state index contributed by atoms with van der Waals surface area (Å²) in [4.78, 5) is 13.5. The molecule has 0 bridgehead atoms. The SMILES string of the molecule is CCN(CCO)C(=O)CSC1CCNCC1. The van der Waals surface area contributed by atoms with Gasteiger partial charge in [-0.3, -0.25) is 4.79 Å². The zero-order valence-corrected chi connectivity index (χ0v) is 10.8. The number of nitrogens with one attached hydrogen (secondary N) is 1. The lowest BCUT2D eigenvalue weighted by Gasteiger charge is -2.24. The molecule has 0 spiro atoms. The number of hydrogen-bond acceptors (Lipinski definition) is 4. The zero-order chi connectivity index (χ0) is 11.8. The van der Waals surface area contributed by atoms with Gasteiger partial charge in [0.05, 0.1) is 12.4 Å². The number of carbonyl (C=O) groups excluding carboxylic acids is 1. The van der Waals surface area contributed by atoms with Gasteiger partial charge in [-0.2, -0.15) is 0 Å². The normalized spacial score (nSPS) is 17.4. The van der Waals surface area contributed by atoms with Gasteiger partial charge in [-0.25, -0.2) is 0 Å². The first kappa shape index (κ1) is 13.8. The maximum Gasteiger partial charge on any atom is 0.232 e. The van der Waals surface area contributed by atoms with Gasteiger partial charge in [0.1, 0.15) is 0 Å². The third-order valence-corrected chi connectivity index (χ3v) is 4.19. The molecule has 0 aliphatic carbocycles. The average molecular weight is 246 g/mol. The Morgan fingerprint density at radius 1 is 1.50 bits per heavy atom. The highest BCUT2D eigenvalue weighted by Gasteiger charge is 2.17. The summed E-state index contributed by atoms with van der Waals surface area (Å²) in [7, 11) is 0. The van der Waals surface area contributed by atoms with E-state index >= 15 is 0 Å². The molecule has 1 fully saturated rings. The van der Waals surface area contributed by atoms with E-state index in [0.717, 1.165) is 25.9 Å². The minimum Gasteiger partial charge on any atom is -0.395 e. The number of aliphatic hydroxyl groups excluding tert-OH is 1. The smallest absolute Gasteiger partial charge is 0.232 e. The third kappa shape index (κ3) is 4.72. The summed E-state index contributed by atoms with van der Waals surface area (Å²) in [6.45, 7) is 5.29. The molecule has 0 aromatic rings. The quantitative estimate of drug-likeness (QED) is 0.708. The second-order valence-corrected chi connectivity index (χ2v) is 5.25. The van der Waals surface area contributed by atoms with Gasteiger partial charge in [0.2, 0.25) is 5.91 Å². The summed E-state index contributed by atoms with van der Waals surface area (Å²) in [5, 5.41) is 12.8.